The van der Waals surface area contributed by atoms with E-state index in [1.165, 1.54) is 0 Å². The van der Waals surface area contributed by atoms with Crippen molar-refractivity contribution in [2.45, 2.75) is 9.79 Å². The summed E-state index contributed by atoms with van der Waals surface area (Å²) in [6.07, 6.45) is 0. The van der Waals surface area contributed by atoms with Crippen LogP contribution in [0.25, 0.3) is 0 Å². The van der Waals surface area contributed by atoms with Gasteiger partial charge in [-0.05, 0) is 30.3 Å². The van der Waals surface area contributed by atoms with Crippen LogP contribution in [0.1, 0.15) is 5.56 Å². The van der Waals surface area contributed by atoms with E-state index in [-0.39, 0.29) is 5.56 Å². The van der Waals surface area contributed by atoms with Gasteiger partial charge in [0.05, 0.1) is 26.9 Å². The molecule has 96 valence electrons. The van der Waals surface area contributed by atoms with E-state index in [1.807, 2.05) is 6.07 Å². The molecule has 0 aliphatic rings. The number of nitrogens with zero attached hydrogens (tertiary/aromatic N) is 1. The van der Waals surface area contributed by atoms with Crippen LogP contribution < -0.4 is 5.73 Å². The molecule has 0 aromatic heterocycles. The van der Waals surface area contributed by atoms with Gasteiger partial charge in [-0.2, -0.15) is 5.26 Å². The molecular formula is C13H8Cl2N2OS. The molecule has 1 atom stereocenters. The van der Waals surface area contributed by atoms with Crippen LogP contribution in [0.2, 0.25) is 10.0 Å². The fourth-order valence-corrected chi connectivity index (χ4v) is 3.51. The number of benzene rings is 2. The maximum atomic E-state index is 12.5. The van der Waals surface area contributed by atoms with Crippen molar-refractivity contribution in [2.24, 2.45) is 0 Å². The zero-order valence-corrected chi connectivity index (χ0v) is 11.9. The van der Waals surface area contributed by atoms with E-state index in [1.54, 1.807) is 36.4 Å². The van der Waals surface area contributed by atoms with Crippen LogP contribution in [0.3, 0.4) is 0 Å². The van der Waals surface area contributed by atoms with Gasteiger partial charge in [-0.1, -0.05) is 29.3 Å². The Bertz CT molecular complexity index is 690. The lowest BCUT2D eigenvalue weighted by molar-refractivity contribution is 0.683. The predicted octanol–water partition coefficient (Wildman–Crippen LogP) is 3.61. The number of halogens is 2. The van der Waals surface area contributed by atoms with Crippen molar-refractivity contribution in [3.05, 3.63) is 52.0 Å². The molecule has 2 aromatic carbocycles. The first kappa shape index (κ1) is 13.9. The summed E-state index contributed by atoms with van der Waals surface area (Å²) < 4.78 is 12.5. The Kier molecular flexibility index (Phi) is 4.11. The molecule has 2 aromatic rings. The zero-order chi connectivity index (χ0) is 14.0. The molecule has 1 unspecified atom stereocenters. The van der Waals surface area contributed by atoms with E-state index >= 15 is 0 Å². The summed E-state index contributed by atoms with van der Waals surface area (Å²) in [5.74, 6) is 0. The minimum absolute atomic E-state index is 0.205. The molecule has 0 heterocycles. The lowest BCUT2D eigenvalue weighted by Crippen LogP contribution is -2.00. The maximum absolute atomic E-state index is 12.5. The van der Waals surface area contributed by atoms with Crippen LogP contribution in [0.4, 0.5) is 5.69 Å². The summed E-state index contributed by atoms with van der Waals surface area (Å²) in [6, 6.07) is 11.4. The van der Waals surface area contributed by atoms with Gasteiger partial charge in [0.25, 0.3) is 0 Å². The molecule has 6 heteroatoms. The second-order valence-corrected chi connectivity index (χ2v) is 6.03. The van der Waals surface area contributed by atoms with Crippen LogP contribution >= 0.6 is 23.2 Å². The van der Waals surface area contributed by atoms with Crippen molar-refractivity contribution in [3.63, 3.8) is 0 Å². The molecule has 2 rings (SSSR count). The third-order valence-corrected chi connectivity index (χ3v) is 4.26. The normalized spacial score (nSPS) is 11.8. The number of nitrogens with two attached hydrogens (primary N) is 1. The smallest absolute Gasteiger partial charge is 0.103 e. The Morgan fingerprint density at radius 2 is 1.79 bits per heavy atom. The largest absolute Gasteiger partial charge is 0.398 e. The van der Waals surface area contributed by atoms with E-state index in [2.05, 4.69) is 0 Å². The van der Waals surface area contributed by atoms with Gasteiger partial charge in [0, 0.05) is 14.9 Å². The second kappa shape index (κ2) is 5.62. The van der Waals surface area contributed by atoms with Gasteiger partial charge in [-0.3, -0.25) is 0 Å². The highest BCUT2D eigenvalue weighted by molar-refractivity contribution is 7.85. The summed E-state index contributed by atoms with van der Waals surface area (Å²) in [5, 5.41) is 9.86. The minimum atomic E-state index is -1.56. The molecule has 0 radical (unpaired) electrons. The molecule has 0 spiro atoms. The Hall–Kier alpha value is -1.54. The van der Waals surface area contributed by atoms with Crippen LogP contribution in [0, 0.1) is 11.3 Å². The van der Waals surface area contributed by atoms with Crippen LogP contribution in [-0.2, 0) is 10.8 Å². The monoisotopic (exact) mass is 310 g/mol. The third-order valence-electron chi connectivity index (χ3n) is 2.42. The molecule has 0 aliphatic heterocycles. The SMILES string of the molecule is N#Cc1c(N)cccc1S(=O)c1cc(Cl)cc(Cl)c1. The number of hydrogen-bond donors (Lipinski definition) is 1. The lowest BCUT2D eigenvalue weighted by atomic mass is 10.2. The second-order valence-electron chi connectivity index (χ2n) is 3.71. The summed E-state index contributed by atoms with van der Waals surface area (Å²) in [7, 11) is -1.56. The summed E-state index contributed by atoms with van der Waals surface area (Å²) in [4.78, 5) is 0.778. The minimum Gasteiger partial charge on any atom is -0.398 e. The fraction of sp³-hybridized carbons (Fsp3) is 0. The van der Waals surface area contributed by atoms with E-state index < -0.39 is 10.8 Å². The highest BCUT2D eigenvalue weighted by Gasteiger charge is 2.15. The van der Waals surface area contributed by atoms with Crippen molar-refractivity contribution in [1.82, 2.24) is 0 Å². The quantitative estimate of drug-likeness (QED) is 0.861. The summed E-state index contributed by atoms with van der Waals surface area (Å²) in [6.45, 7) is 0. The number of hydrogen-bond acceptors (Lipinski definition) is 3. The van der Waals surface area contributed by atoms with Crippen LogP contribution in [0.5, 0.6) is 0 Å². The van der Waals surface area contributed by atoms with Gasteiger partial charge in [-0.25, -0.2) is 4.21 Å². The molecule has 0 bridgehead atoms. The molecule has 0 fully saturated rings. The van der Waals surface area contributed by atoms with Crippen molar-refractivity contribution in [2.75, 3.05) is 5.73 Å². The van der Waals surface area contributed by atoms with Gasteiger partial charge in [0.1, 0.15) is 6.07 Å². The van der Waals surface area contributed by atoms with Crippen molar-refractivity contribution >= 4 is 39.7 Å². The van der Waals surface area contributed by atoms with Gasteiger partial charge >= 0.3 is 0 Å². The van der Waals surface area contributed by atoms with Gasteiger partial charge < -0.3 is 5.73 Å². The lowest BCUT2D eigenvalue weighted by Gasteiger charge is -2.07. The highest BCUT2D eigenvalue weighted by Crippen LogP contribution is 2.27. The van der Waals surface area contributed by atoms with Gasteiger partial charge in [0.15, 0.2) is 0 Å². The average Bonchev–Trinajstić information content (AvgIpc) is 2.36. The molecule has 19 heavy (non-hydrogen) atoms. The average molecular weight is 311 g/mol. The molecule has 0 saturated heterocycles. The standard InChI is InChI=1S/C13H8Cl2N2OS/c14-8-4-9(15)6-10(5-8)19(18)13-3-1-2-12(17)11(13)7-16/h1-6H,17H2. The molecule has 0 aliphatic carbocycles. The first-order valence-corrected chi connectivity index (χ1v) is 7.10. The van der Waals surface area contributed by atoms with Crippen LogP contribution in [-0.4, -0.2) is 4.21 Å². The first-order chi connectivity index (χ1) is 9.02. The molecule has 2 N–H and O–H groups in total. The third kappa shape index (κ3) is 2.90. The van der Waals surface area contributed by atoms with Crippen molar-refractivity contribution in [1.29, 1.82) is 5.26 Å². The molecule has 3 nitrogen and oxygen atoms in total. The van der Waals surface area contributed by atoms with Gasteiger partial charge in [0.2, 0.25) is 0 Å². The van der Waals surface area contributed by atoms with Crippen molar-refractivity contribution in [3.8, 4) is 6.07 Å². The molecule has 0 amide bonds. The summed E-state index contributed by atoms with van der Waals surface area (Å²) >= 11 is 11.8. The number of anilines is 1. The molecule has 0 saturated carbocycles. The zero-order valence-electron chi connectivity index (χ0n) is 9.56. The maximum Gasteiger partial charge on any atom is 0.103 e. The first-order valence-electron chi connectivity index (χ1n) is 5.19. The topological polar surface area (TPSA) is 66.9 Å². The Morgan fingerprint density at radius 3 is 2.37 bits per heavy atom. The number of rotatable bonds is 2. The summed E-state index contributed by atoms with van der Waals surface area (Å²) in [5.41, 5.74) is 6.20. The van der Waals surface area contributed by atoms with Crippen molar-refractivity contribution < 1.29 is 4.21 Å². The van der Waals surface area contributed by atoms with Gasteiger partial charge in [-0.15, -0.1) is 0 Å². The van der Waals surface area contributed by atoms with E-state index in [9.17, 15) is 4.21 Å². The Labute approximate surface area is 123 Å². The van der Waals surface area contributed by atoms with E-state index in [4.69, 9.17) is 34.2 Å². The predicted molar refractivity (Wildman–Crippen MR) is 76.7 cm³/mol. The number of nitriles is 1. The Balaban J connectivity index is 2.57. The fourth-order valence-electron chi connectivity index (χ4n) is 1.58. The van der Waals surface area contributed by atoms with E-state index in [0.717, 1.165) is 0 Å². The van der Waals surface area contributed by atoms with Crippen LogP contribution in [0.15, 0.2) is 46.2 Å². The van der Waals surface area contributed by atoms with E-state index in [0.29, 0.717) is 25.5 Å². The molecular weight excluding hydrogens is 303 g/mol. The number of nitrogen functional groups attached to an aromatic ring is 1. The highest BCUT2D eigenvalue weighted by atomic mass is 35.5. The Morgan fingerprint density at radius 1 is 1.16 bits per heavy atom.